The van der Waals surface area contributed by atoms with Crippen molar-refractivity contribution in [3.63, 3.8) is 0 Å². The van der Waals surface area contributed by atoms with Crippen molar-refractivity contribution < 1.29 is 4.79 Å². The van der Waals surface area contributed by atoms with E-state index >= 15 is 0 Å². The van der Waals surface area contributed by atoms with Crippen molar-refractivity contribution >= 4 is 5.94 Å². The lowest BCUT2D eigenvalue weighted by Gasteiger charge is -1.71. The van der Waals surface area contributed by atoms with Crippen LogP contribution in [0.15, 0.2) is 27.8 Å². The highest BCUT2D eigenvalue weighted by Gasteiger charge is 1.99. The third-order valence-corrected chi connectivity index (χ3v) is 0.662. The van der Waals surface area contributed by atoms with Crippen molar-refractivity contribution in [1.82, 2.24) is 0 Å². The van der Waals surface area contributed by atoms with E-state index in [1.807, 2.05) is 0 Å². The van der Waals surface area contributed by atoms with Gasteiger partial charge in [0.05, 0.1) is 0 Å². The smallest absolute Gasteiger partial charge is 0.173 e. The quantitative estimate of drug-likeness (QED) is 0.444. The summed E-state index contributed by atoms with van der Waals surface area (Å²) in [5.41, 5.74) is 5.26. The second-order valence-electron chi connectivity index (χ2n) is 1.26. The number of rotatable bonds is 0. The Balaban J connectivity index is 3.01. The van der Waals surface area contributed by atoms with Crippen LogP contribution in [0.1, 0.15) is 0 Å². The zero-order chi connectivity index (χ0) is 5.98. The van der Waals surface area contributed by atoms with Crippen molar-refractivity contribution in [3.05, 3.63) is 17.6 Å². The third-order valence-electron chi connectivity index (χ3n) is 0.662. The lowest BCUT2D eigenvalue weighted by molar-refractivity contribution is 0.567. The molecule has 0 saturated carbocycles. The summed E-state index contributed by atoms with van der Waals surface area (Å²) in [7, 11) is 0. The highest BCUT2D eigenvalue weighted by atomic mass is 16.1. The summed E-state index contributed by atoms with van der Waals surface area (Å²) < 4.78 is 0. The SMILES string of the molecule is NC1=CC(=C=O)N=N1. The van der Waals surface area contributed by atoms with Gasteiger partial charge in [0.1, 0.15) is 5.82 Å². The minimum atomic E-state index is 0.155. The van der Waals surface area contributed by atoms with Crippen LogP contribution in [0.3, 0.4) is 0 Å². The fourth-order valence-electron chi connectivity index (χ4n) is 0.359. The largest absolute Gasteiger partial charge is 0.382 e. The fourth-order valence-corrected chi connectivity index (χ4v) is 0.359. The number of hydrogen-bond donors (Lipinski definition) is 1. The standard InChI is InChI=1S/C4H3N3O/c5-4-1-3(2-8)6-7-4/h1H,5H2. The van der Waals surface area contributed by atoms with Gasteiger partial charge in [-0.05, 0) is 0 Å². The van der Waals surface area contributed by atoms with Crippen LogP contribution < -0.4 is 5.73 Å². The maximum absolute atomic E-state index is 9.74. The topological polar surface area (TPSA) is 67.8 Å². The van der Waals surface area contributed by atoms with Gasteiger partial charge >= 0.3 is 0 Å². The van der Waals surface area contributed by atoms with Crippen LogP contribution in [-0.2, 0) is 4.79 Å². The average molecular weight is 109 g/mol. The van der Waals surface area contributed by atoms with Gasteiger partial charge in [-0.15, -0.1) is 10.2 Å². The van der Waals surface area contributed by atoms with Gasteiger partial charge in [-0.25, -0.2) is 4.79 Å². The first-order chi connectivity index (χ1) is 3.83. The minimum Gasteiger partial charge on any atom is -0.382 e. The van der Waals surface area contributed by atoms with Crippen LogP contribution in [0, 0.1) is 0 Å². The molecule has 0 aromatic rings. The second-order valence-corrected chi connectivity index (χ2v) is 1.26. The summed E-state index contributed by atoms with van der Waals surface area (Å²) in [6.07, 6.45) is 1.35. The normalized spacial score (nSPS) is 16.0. The zero-order valence-electron chi connectivity index (χ0n) is 3.96. The molecule has 1 aliphatic heterocycles. The molecule has 40 valence electrons. The van der Waals surface area contributed by atoms with E-state index in [0.717, 1.165) is 0 Å². The summed E-state index contributed by atoms with van der Waals surface area (Å²) in [6.45, 7) is 0. The van der Waals surface area contributed by atoms with Crippen molar-refractivity contribution in [2.75, 3.05) is 0 Å². The molecule has 0 aromatic carbocycles. The van der Waals surface area contributed by atoms with E-state index in [1.165, 1.54) is 6.08 Å². The van der Waals surface area contributed by atoms with E-state index in [2.05, 4.69) is 10.2 Å². The molecule has 0 aliphatic carbocycles. The molecule has 2 N–H and O–H groups in total. The van der Waals surface area contributed by atoms with E-state index in [0.29, 0.717) is 0 Å². The van der Waals surface area contributed by atoms with Gasteiger partial charge in [0.25, 0.3) is 0 Å². The molecular formula is C4H3N3O. The van der Waals surface area contributed by atoms with Crippen LogP contribution >= 0.6 is 0 Å². The van der Waals surface area contributed by atoms with Crippen LogP contribution in [0.4, 0.5) is 0 Å². The molecule has 0 atom stereocenters. The van der Waals surface area contributed by atoms with E-state index in [9.17, 15) is 4.79 Å². The Morgan fingerprint density at radius 1 is 1.62 bits per heavy atom. The van der Waals surface area contributed by atoms with E-state index in [-0.39, 0.29) is 11.5 Å². The Labute approximate surface area is 45.4 Å². The van der Waals surface area contributed by atoms with Crippen LogP contribution in [-0.4, -0.2) is 5.94 Å². The first kappa shape index (κ1) is 4.74. The molecule has 4 nitrogen and oxygen atoms in total. The summed E-state index contributed by atoms with van der Waals surface area (Å²) in [4.78, 5) is 9.74. The van der Waals surface area contributed by atoms with Crippen LogP contribution in [0.25, 0.3) is 0 Å². The summed E-state index contributed by atoms with van der Waals surface area (Å²) in [5, 5.41) is 6.69. The molecule has 0 aromatic heterocycles. The molecule has 0 unspecified atom stereocenters. The van der Waals surface area contributed by atoms with Gasteiger partial charge in [-0.3, -0.25) is 0 Å². The molecule has 0 saturated heterocycles. The van der Waals surface area contributed by atoms with E-state index < -0.39 is 0 Å². The molecule has 0 spiro atoms. The number of nitrogens with zero attached hydrogens (tertiary/aromatic N) is 2. The summed E-state index contributed by atoms with van der Waals surface area (Å²) in [5.74, 6) is 1.80. The third kappa shape index (κ3) is 0.643. The van der Waals surface area contributed by atoms with Crippen molar-refractivity contribution in [3.8, 4) is 0 Å². The van der Waals surface area contributed by atoms with Gasteiger partial charge in [0.2, 0.25) is 0 Å². The van der Waals surface area contributed by atoms with Crippen LogP contribution in [0.2, 0.25) is 0 Å². The molecule has 0 fully saturated rings. The van der Waals surface area contributed by atoms with Crippen molar-refractivity contribution in [2.45, 2.75) is 0 Å². The Morgan fingerprint density at radius 3 is 2.62 bits per heavy atom. The van der Waals surface area contributed by atoms with Gasteiger partial charge in [0.15, 0.2) is 11.6 Å². The number of carbonyl (C=O) groups excluding carboxylic acids is 1. The van der Waals surface area contributed by atoms with E-state index in [4.69, 9.17) is 5.73 Å². The maximum atomic E-state index is 9.74. The van der Waals surface area contributed by atoms with Crippen molar-refractivity contribution in [2.24, 2.45) is 16.0 Å². The Kier molecular flexibility index (Phi) is 0.946. The lowest BCUT2D eigenvalue weighted by atomic mass is 10.5. The predicted molar refractivity (Wildman–Crippen MR) is 26.3 cm³/mol. The molecular weight excluding hydrogens is 106 g/mol. The van der Waals surface area contributed by atoms with Gasteiger partial charge in [-0.2, -0.15) is 0 Å². The predicted octanol–water partition coefficient (Wildman–Crippen LogP) is -0.0322. The fraction of sp³-hybridized carbons (Fsp3) is 0. The molecule has 0 amide bonds. The van der Waals surface area contributed by atoms with Crippen molar-refractivity contribution in [1.29, 1.82) is 0 Å². The van der Waals surface area contributed by atoms with E-state index in [1.54, 1.807) is 5.94 Å². The van der Waals surface area contributed by atoms with Crippen LogP contribution in [0.5, 0.6) is 0 Å². The maximum Gasteiger partial charge on any atom is 0.173 e. The number of hydrogen-bond acceptors (Lipinski definition) is 4. The highest BCUT2D eigenvalue weighted by Crippen LogP contribution is 2.06. The van der Waals surface area contributed by atoms with Gasteiger partial charge in [-0.1, -0.05) is 0 Å². The molecule has 8 heavy (non-hydrogen) atoms. The molecule has 1 heterocycles. The monoisotopic (exact) mass is 109 g/mol. The second kappa shape index (κ2) is 1.60. The first-order valence-electron chi connectivity index (χ1n) is 1.97. The number of allylic oxidation sites excluding steroid dienone is 1. The zero-order valence-corrected chi connectivity index (χ0v) is 3.96. The summed E-state index contributed by atoms with van der Waals surface area (Å²) >= 11 is 0. The Bertz CT molecular complexity index is 209. The Hall–Kier alpha value is -1.41. The molecule has 1 aliphatic rings. The summed E-state index contributed by atoms with van der Waals surface area (Å²) in [6, 6.07) is 0. The molecule has 4 heteroatoms. The van der Waals surface area contributed by atoms with Gasteiger partial charge in [0, 0.05) is 6.08 Å². The minimum absolute atomic E-state index is 0.155. The molecule has 1 rings (SSSR count). The first-order valence-corrected chi connectivity index (χ1v) is 1.97. The Morgan fingerprint density at radius 2 is 2.38 bits per heavy atom. The molecule has 0 bridgehead atoms. The molecule has 0 radical (unpaired) electrons. The number of nitrogens with two attached hydrogens (primary N) is 1. The van der Waals surface area contributed by atoms with Gasteiger partial charge < -0.3 is 5.73 Å². The average Bonchev–Trinajstić information content (AvgIpc) is 2.14. The number of azo groups is 1. The highest BCUT2D eigenvalue weighted by molar-refractivity contribution is 5.57. The lowest BCUT2D eigenvalue weighted by Crippen LogP contribution is -1.87.